The molecule has 1 atom stereocenters. The highest BCUT2D eigenvalue weighted by Crippen LogP contribution is 2.28. The monoisotopic (exact) mass is 255 g/mol. The van der Waals surface area contributed by atoms with Crippen LogP contribution in [0.1, 0.15) is 29.2 Å². The third kappa shape index (κ3) is 3.36. The Labute approximate surface area is 115 Å². The molecule has 2 rings (SSSR count). The maximum absolute atomic E-state index is 6.17. The summed E-state index contributed by atoms with van der Waals surface area (Å²) in [6.45, 7) is 4.81. The predicted molar refractivity (Wildman–Crippen MR) is 79.4 cm³/mol. The minimum absolute atomic E-state index is 0.0201. The van der Waals surface area contributed by atoms with Crippen LogP contribution in [0.25, 0.3) is 0 Å². The first kappa shape index (κ1) is 13.6. The van der Waals surface area contributed by atoms with Gasteiger partial charge in [-0.2, -0.15) is 0 Å². The van der Waals surface area contributed by atoms with Crippen LogP contribution in [0.15, 0.2) is 48.5 Å². The maximum Gasteiger partial charge on any atom is 0.125 e. The largest absolute Gasteiger partial charge is 0.485 e. The van der Waals surface area contributed by atoms with Crippen LogP contribution in [-0.2, 0) is 0 Å². The Bertz CT molecular complexity index is 522. The smallest absolute Gasteiger partial charge is 0.125 e. The standard InChI is InChI=1S/C17H21NO/c1-13-7-6-10-16(14(13)2)19-17(11-12-18)15-8-4-3-5-9-15/h3-10,17H,11-12,18H2,1-2H3. The van der Waals surface area contributed by atoms with E-state index in [-0.39, 0.29) is 6.10 Å². The summed E-state index contributed by atoms with van der Waals surface area (Å²) in [5.74, 6) is 0.947. The van der Waals surface area contributed by atoms with E-state index in [9.17, 15) is 0 Å². The molecule has 0 saturated carbocycles. The molecule has 0 aromatic heterocycles. The van der Waals surface area contributed by atoms with E-state index in [1.807, 2.05) is 30.3 Å². The van der Waals surface area contributed by atoms with E-state index in [0.29, 0.717) is 6.54 Å². The molecule has 0 saturated heterocycles. The van der Waals surface area contributed by atoms with Crippen molar-refractivity contribution in [1.82, 2.24) is 0 Å². The van der Waals surface area contributed by atoms with Crippen LogP contribution >= 0.6 is 0 Å². The zero-order valence-corrected chi connectivity index (χ0v) is 11.6. The van der Waals surface area contributed by atoms with Crippen LogP contribution < -0.4 is 10.5 Å². The summed E-state index contributed by atoms with van der Waals surface area (Å²) >= 11 is 0. The minimum atomic E-state index is 0.0201. The van der Waals surface area contributed by atoms with Gasteiger partial charge in [-0.25, -0.2) is 0 Å². The molecule has 0 spiro atoms. The summed E-state index contributed by atoms with van der Waals surface area (Å²) < 4.78 is 6.17. The van der Waals surface area contributed by atoms with E-state index in [1.54, 1.807) is 0 Å². The Kier molecular flexibility index (Phi) is 4.58. The summed E-state index contributed by atoms with van der Waals surface area (Å²) in [6, 6.07) is 16.4. The molecule has 2 nitrogen and oxygen atoms in total. The highest BCUT2D eigenvalue weighted by molar-refractivity contribution is 5.38. The van der Waals surface area contributed by atoms with Crippen LogP contribution in [0.4, 0.5) is 0 Å². The summed E-state index contributed by atoms with van der Waals surface area (Å²) in [5, 5.41) is 0. The summed E-state index contributed by atoms with van der Waals surface area (Å²) in [6.07, 6.45) is 0.837. The summed E-state index contributed by atoms with van der Waals surface area (Å²) in [5.41, 5.74) is 9.33. The zero-order chi connectivity index (χ0) is 13.7. The molecular formula is C17H21NO. The van der Waals surface area contributed by atoms with Crippen molar-refractivity contribution in [1.29, 1.82) is 0 Å². The molecule has 0 fully saturated rings. The van der Waals surface area contributed by atoms with Gasteiger partial charge in [0, 0.05) is 6.42 Å². The molecule has 0 amide bonds. The quantitative estimate of drug-likeness (QED) is 0.882. The average Bonchev–Trinajstić information content (AvgIpc) is 2.44. The van der Waals surface area contributed by atoms with Crippen LogP contribution in [0.3, 0.4) is 0 Å². The van der Waals surface area contributed by atoms with Gasteiger partial charge in [-0.1, -0.05) is 42.5 Å². The van der Waals surface area contributed by atoms with E-state index in [2.05, 4.69) is 32.0 Å². The van der Waals surface area contributed by atoms with Crippen molar-refractivity contribution in [3.05, 3.63) is 65.2 Å². The van der Waals surface area contributed by atoms with Crippen molar-refractivity contribution < 1.29 is 4.74 Å². The van der Waals surface area contributed by atoms with Crippen molar-refractivity contribution in [2.45, 2.75) is 26.4 Å². The SMILES string of the molecule is Cc1cccc(OC(CCN)c2ccccc2)c1C. The molecule has 2 aromatic carbocycles. The molecule has 0 aliphatic rings. The Hall–Kier alpha value is -1.80. The van der Waals surface area contributed by atoms with Gasteiger partial charge in [0.1, 0.15) is 11.9 Å². The van der Waals surface area contributed by atoms with Gasteiger partial charge < -0.3 is 10.5 Å². The average molecular weight is 255 g/mol. The van der Waals surface area contributed by atoms with E-state index < -0.39 is 0 Å². The van der Waals surface area contributed by atoms with Crippen LogP contribution in [0.2, 0.25) is 0 Å². The molecule has 1 unspecified atom stereocenters. The fourth-order valence-corrected chi connectivity index (χ4v) is 2.12. The number of aryl methyl sites for hydroxylation is 1. The Balaban J connectivity index is 2.24. The molecule has 0 bridgehead atoms. The summed E-state index contributed by atoms with van der Waals surface area (Å²) in [7, 11) is 0. The normalized spacial score (nSPS) is 12.2. The van der Waals surface area contributed by atoms with Gasteiger partial charge in [0.2, 0.25) is 0 Å². The second-order valence-electron chi connectivity index (χ2n) is 4.79. The lowest BCUT2D eigenvalue weighted by Gasteiger charge is -2.21. The molecule has 0 aliphatic carbocycles. The van der Waals surface area contributed by atoms with Gasteiger partial charge in [0.25, 0.3) is 0 Å². The lowest BCUT2D eigenvalue weighted by molar-refractivity contribution is 0.196. The number of ether oxygens (including phenoxy) is 1. The fraction of sp³-hybridized carbons (Fsp3) is 0.294. The van der Waals surface area contributed by atoms with E-state index in [1.165, 1.54) is 16.7 Å². The van der Waals surface area contributed by atoms with E-state index >= 15 is 0 Å². The molecule has 2 N–H and O–H groups in total. The summed E-state index contributed by atoms with van der Waals surface area (Å²) in [4.78, 5) is 0. The molecule has 0 aliphatic heterocycles. The molecule has 2 heteroatoms. The van der Waals surface area contributed by atoms with Crippen molar-refractivity contribution in [3.8, 4) is 5.75 Å². The third-order valence-corrected chi connectivity index (χ3v) is 3.42. The third-order valence-electron chi connectivity index (χ3n) is 3.42. The van der Waals surface area contributed by atoms with Crippen molar-refractivity contribution in [2.24, 2.45) is 5.73 Å². The second kappa shape index (κ2) is 6.39. The maximum atomic E-state index is 6.17. The Morgan fingerprint density at radius 2 is 1.74 bits per heavy atom. The zero-order valence-electron chi connectivity index (χ0n) is 11.6. The first-order valence-corrected chi connectivity index (χ1v) is 6.70. The first-order valence-electron chi connectivity index (χ1n) is 6.70. The molecule has 2 aromatic rings. The van der Waals surface area contributed by atoms with E-state index in [4.69, 9.17) is 10.5 Å². The number of rotatable bonds is 5. The van der Waals surface area contributed by atoms with Gasteiger partial charge in [0.05, 0.1) is 0 Å². The molecule has 0 radical (unpaired) electrons. The highest BCUT2D eigenvalue weighted by atomic mass is 16.5. The lowest BCUT2D eigenvalue weighted by Crippen LogP contribution is -2.13. The van der Waals surface area contributed by atoms with E-state index in [0.717, 1.165) is 12.2 Å². The van der Waals surface area contributed by atoms with Crippen LogP contribution in [0.5, 0.6) is 5.75 Å². The van der Waals surface area contributed by atoms with Crippen molar-refractivity contribution in [2.75, 3.05) is 6.54 Å². The van der Waals surface area contributed by atoms with Crippen LogP contribution in [0, 0.1) is 13.8 Å². The molecular weight excluding hydrogens is 234 g/mol. The first-order chi connectivity index (χ1) is 9.22. The predicted octanol–water partition coefficient (Wildman–Crippen LogP) is 3.77. The molecule has 100 valence electrons. The van der Waals surface area contributed by atoms with Crippen molar-refractivity contribution in [3.63, 3.8) is 0 Å². The number of benzene rings is 2. The van der Waals surface area contributed by atoms with Crippen LogP contribution in [-0.4, -0.2) is 6.54 Å². The topological polar surface area (TPSA) is 35.2 Å². The van der Waals surface area contributed by atoms with Gasteiger partial charge >= 0.3 is 0 Å². The lowest BCUT2D eigenvalue weighted by atomic mass is 10.1. The Morgan fingerprint density at radius 3 is 2.42 bits per heavy atom. The minimum Gasteiger partial charge on any atom is -0.485 e. The number of nitrogens with two attached hydrogens (primary N) is 1. The van der Waals surface area contributed by atoms with Gasteiger partial charge in [-0.15, -0.1) is 0 Å². The van der Waals surface area contributed by atoms with Crippen molar-refractivity contribution >= 4 is 0 Å². The van der Waals surface area contributed by atoms with Gasteiger partial charge in [-0.3, -0.25) is 0 Å². The second-order valence-corrected chi connectivity index (χ2v) is 4.79. The van der Waals surface area contributed by atoms with Gasteiger partial charge in [0.15, 0.2) is 0 Å². The fourth-order valence-electron chi connectivity index (χ4n) is 2.12. The molecule has 19 heavy (non-hydrogen) atoms. The van der Waals surface area contributed by atoms with Gasteiger partial charge in [-0.05, 0) is 43.1 Å². The number of hydrogen-bond donors (Lipinski definition) is 1. The number of hydrogen-bond acceptors (Lipinski definition) is 2. The highest BCUT2D eigenvalue weighted by Gasteiger charge is 2.13. The molecule has 0 heterocycles. The Morgan fingerprint density at radius 1 is 1.00 bits per heavy atom.